The van der Waals surface area contributed by atoms with Crippen LogP contribution < -0.4 is 0 Å². The van der Waals surface area contributed by atoms with E-state index in [-0.39, 0.29) is 5.41 Å². The first-order valence-corrected chi connectivity index (χ1v) is 3.97. The quantitative estimate of drug-likeness (QED) is 0.622. The monoisotopic (exact) mass is 159 g/mol. The molecule has 1 aromatic rings. The van der Waals surface area contributed by atoms with Crippen molar-refractivity contribution >= 4 is 0 Å². The first-order valence-electron chi connectivity index (χ1n) is 3.97. The Bertz CT molecular complexity index is 330. The second-order valence-corrected chi connectivity index (χ2v) is 3.46. The summed E-state index contributed by atoms with van der Waals surface area (Å²) in [4.78, 5) is 8.18. The highest BCUT2D eigenvalue weighted by molar-refractivity contribution is 5.23. The van der Waals surface area contributed by atoms with Gasteiger partial charge in [0.15, 0.2) is 5.69 Å². The second kappa shape index (κ2) is 2.28. The van der Waals surface area contributed by atoms with E-state index in [1.165, 1.54) is 12.8 Å². The largest absolute Gasteiger partial charge is 0.256 e. The van der Waals surface area contributed by atoms with Crippen molar-refractivity contribution < 1.29 is 0 Å². The minimum absolute atomic E-state index is 0.251. The summed E-state index contributed by atoms with van der Waals surface area (Å²) < 4.78 is 0. The molecule has 1 heterocycles. The van der Waals surface area contributed by atoms with Gasteiger partial charge in [-0.3, -0.25) is 4.98 Å². The highest BCUT2D eigenvalue weighted by Crippen LogP contribution is 2.46. The molecule has 0 amide bonds. The Morgan fingerprint density at radius 3 is 2.58 bits per heavy atom. The summed E-state index contributed by atoms with van der Waals surface area (Å²) in [5.74, 6) is 0. The van der Waals surface area contributed by atoms with E-state index in [4.69, 9.17) is 5.26 Å². The van der Waals surface area contributed by atoms with Crippen LogP contribution in [-0.4, -0.2) is 9.97 Å². The standard InChI is InChI=1S/C9H9N3/c1-9(2-3-9)8-6-11-7(4-10)5-12-8/h5-6H,2-3H2,1H3. The summed E-state index contributed by atoms with van der Waals surface area (Å²) in [5, 5.41) is 8.49. The van der Waals surface area contributed by atoms with Gasteiger partial charge >= 0.3 is 0 Å². The Kier molecular flexibility index (Phi) is 1.37. The topological polar surface area (TPSA) is 49.6 Å². The lowest BCUT2D eigenvalue weighted by Gasteiger charge is -2.04. The van der Waals surface area contributed by atoms with Crippen LogP contribution >= 0.6 is 0 Å². The maximum atomic E-state index is 8.49. The van der Waals surface area contributed by atoms with Crippen molar-refractivity contribution in [3.8, 4) is 6.07 Å². The van der Waals surface area contributed by atoms with Crippen LogP contribution in [0.1, 0.15) is 31.2 Å². The van der Waals surface area contributed by atoms with Crippen LogP contribution in [0.25, 0.3) is 0 Å². The Balaban J connectivity index is 2.32. The second-order valence-electron chi connectivity index (χ2n) is 3.46. The van der Waals surface area contributed by atoms with Crippen molar-refractivity contribution in [3.05, 3.63) is 23.8 Å². The summed E-state index contributed by atoms with van der Waals surface area (Å²) >= 11 is 0. The van der Waals surface area contributed by atoms with Gasteiger partial charge in [0.25, 0.3) is 0 Å². The minimum atomic E-state index is 0.251. The molecular formula is C9H9N3. The van der Waals surface area contributed by atoms with E-state index in [0.717, 1.165) is 5.69 Å². The lowest BCUT2D eigenvalue weighted by molar-refractivity contribution is 0.740. The molecule has 3 nitrogen and oxygen atoms in total. The van der Waals surface area contributed by atoms with Gasteiger partial charge in [0.1, 0.15) is 6.07 Å². The first kappa shape index (κ1) is 7.23. The molecule has 1 saturated carbocycles. The van der Waals surface area contributed by atoms with Crippen molar-refractivity contribution in [2.75, 3.05) is 0 Å². The van der Waals surface area contributed by atoms with Crippen LogP contribution in [-0.2, 0) is 5.41 Å². The molecule has 1 aliphatic carbocycles. The maximum absolute atomic E-state index is 8.49. The number of rotatable bonds is 1. The van der Waals surface area contributed by atoms with Crippen LogP contribution in [0.15, 0.2) is 12.4 Å². The van der Waals surface area contributed by atoms with E-state index >= 15 is 0 Å². The molecule has 0 unspecified atom stereocenters. The van der Waals surface area contributed by atoms with Gasteiger partial charge in [-0.25, -0.2) is 4.98 Å². The van der Waals surface area contributed by atoms with Crippen molar-refractivity contribution in [1.82, 2.24) is 9.97 Å². The van der Waals surface area contributed by atoms with E-state index in [2.05, 4.69) is 16.9 Å². The number of nitriles is 1. The van der Waals surface area contributed by atoms with Crippen molar-refractivity contribution in [2.45, 2.75) is 25.2 Å². The molecule has 12 heavy (non-hydrogen) atoms. The zero-order valence-corrected chi connectivity index (χ0v) is 6.91. The average Bonchev–Trinajstić information content (AvgIpc) is 2.85. The van der Waals surface area contributed by atoms with E-state index in [0.29, 0.717) is 5.69 Å². The van der Waals surface area contributed by atoms with Crippen LogP contribution in [0, 0.1) is 11.3 Å². The highest BCUT2D eigenvalue weighted by atomic mass is 14.8. The fraction of sp³-hybridized carbons (Fsp3) is 0.444. The summed E-state index contributed by atoms with van der Waals surface area (Å²) in [5.41, 5.74) is 1.66. The van der Waals surface area contributed by atoms with Gasteiger partial charge < -0.3 is 0 Å². The molecule has 0 bridgehead atoms. The van der Waals surface area contributed by atoms with Gasteiger partial charge in [-0.15, -0.1) is 0 Å². The fourth-order valence-electron chi connectivity index (χ4n) is 1.14. The van der Waals surface area contributed by atoms with Crippen molar-refractivity contribution in [1.29, 1.82) is 5.26 Å². The van der Waals surface area contributed by atoms with Crippen LogP contribution in [0.4, 0.5) is 0 Å². The zero-order chi connectivity index (χ0) is 8.60. The van der Waals surface area contributed by atoms with E-state index in [9.17, 15) is 0 Å². The summed E-state index contributed by atoms with van der Waals surface area (Å²) in [7, 11) is 0. The molecule has 60 valence electrons. The lowest BCUT2D eigenvalue weighted by atomic mass is 10.1. The number of nitrogens with zero attached hydrogens (tertiary/aromatic N) is 3. The van der Waals surface area contributed by atoms with Crippen molar-refractivity contribution in [2.24, 2.45) is 0 Å². The molecule has 2 rings (SSSR count). The molecule has 0 aliphatic heterocycles. The first-order chi connectivity index (χ1) is 5.74. The predicted octanol–water partition coefficient (Wildman–Crippen LogP) is 1.40. The van der Waals surface area contributed by atoms with E-state index in [1.807, 2.05) is 6.07 Å². The maximum Gasteiger partial charge on any atom is 0.158 e. The number of hydrogen-bond acceptors (Lipinski definition) is 3. The average molecular weight is 159 g/mol. The van der Waals surface area contributed by atoms with E-state index < -0.39 is 0 Å². The molecule has 1 fully saturated rings. The smallest absolute Gasteiger partial charge is 0.158 e. The molecule has 1 aromatic heterocycles. The van der Waals surface area contributed by atoms with Gasteiger partial charge in [-0.05, 0) is 12.8 Å². The molecule has 0 radical (unpaired) electrons. The Hall–Kier alpha value is -1.43. The fourth-order valence-corrected chi connectivity index (χ4v) is 1.14. The molecule has 0 spiro atoms. The summed E-state index contributed by atoms with van der Waals surface area (Å²) in [6.45, 7) is 2.17. The van der Waals surface area contributed by atoms with Gasteiger partial charge in [-0.1, -0.05) is 6.92 Å². The van der Waals surface area contributed by atoms with Crippen molar-refractivity contribution in [3.63, 3.8) is 0 Å². The number of hydrogen-bond donors (Lipinski definition) is 0. The molecule has 0 atom stereocenters. The minimum Gasteiger partial charge on any atom is -0.256 e. The van der Waals surface area contributed by atoms with E-state index in [1.54, 1.807) is 12.4 Å². The normalized spacial score (nSPS) is 18.3. The Morgan fingerprint density at radius 1 is 1.42 bits per heavy atom. The van der Waals surface area contributed by atoms with Crippen LogP contribution in [0.2, 0.25) is 0 Å². The third kappa shape index (κ3) is 1.06. The third-order valence-electron chi connectivity index (χ3n) is 2.38. The predicted molar refractivity (Wildman–Crippen MR) is 43.3 cm³/mol. The van der Waals surface area contributed by atoms with Crippen LogP contribution in [0.5, 0.6) is 0 Å². The van der Waals surface area contributed by atoms with Gasteiger partial charge in [0, 0.05) is 5.41 Å². The molecule has 0 saturated heterocycles. The van der Waals surface area contributed by atoms with Gasteiger partial charge in [0.05, 0.1) is 18.1 Å². The lowest BCUT2D eigenvalue weighted by Crippen LogP contribution is -2.03. The molecule has 3 heteroatoms. The van der Waals surface area contributed by atoms with Gasteiger partial charge in [-0.2, -0.15) is 5.26 Å². The Labute approximate surface area is 71.1 Å². The van der Waals surface area contributed by atoms with Crippen LogP contribution in [0.3, 0.4) is 0 Å². The molecule has 1 aliphatic rings. The SMILES string of the molecule is CC1(c2cnc(C#N)cn2)CC1. The molecular weight excluding hydrogens is 150 g/mol. The summed E-state index contributed by atoms with van der Waals surface area (Å²) in [6, 6.07) is 1.95. The highest BCUT2D eigenvalue weighted by Gasteiger charge is 2.40. The third-order valence-corrected chi connectivity index (χ3v) is 2.38. The summed E-state index contributed by atoms with van der Waals surface area (Å²) in [6.07, 6.45) is 5.63. The zero-order valence-electron chi connectivity index (χ0n) is 6.91. The Morgan fingerprint density at radius 2 is 2.17 bits per heavy atom. The molecule has 0 aromatic carbocycles. The van der Waals surface area contributed by atoms with Gasteiger partial charge in [0.2, 0.25) is 0 Å². The molecule has 0 N–H and O–H groups in total. The number of aromatic nitrogens is 2.